The number of hydrogen-bond donors (Lipinski definition) is 1. The monoisotopic (exact) mass is 695 g/mol. The van der Waals surface area contributed by atoms with Gasteiger partial charge in [0.25, 0.3) is 10.0 Å². The van der Waals surface area contributed by atoms with Crippen molar-refractivity contribution in [2.75, 3.05) is 17.4 Å². The lowest BCUT2D eigenvalue weighted by atomic mass is 10.1. The number of rotatable bonds is 14. The van der Waals surface area contributed by atoms with Crippen LogP contribution in [-0.2, 0) is 26.2 Å². The van der Waals surface area contributed by atoms with Gasteiger partial charge in [0.2, 0.25) is 11.8 Å². The molecular formula is C36H39Cl2N3O5S. The van der Waals surface area contributed by atoms with Gasteiger partial charge in [0.1, 0.15) is 24.1 Å². The molecule has 0 heterocycles. The number of ether oxygens (including phenoxy) is 1. The Bertz CT molecular complexity index is 1750. The van der Waals surface area contributed by atoms with Gasteiger partial charge in [0.05, 0.1) is 10.6 Å². The SMILES string of the molecule is CC[C@H](C(=O)NCC(C)C)N(Cc1c(Cl)cccc1Cl)C(=O)CN(c1ccc(Oc2ccccc2)cc1)S(=O)(=O)c1ccc(C)cc1. The van der Waals surface area contributed by atoms with Gasteiger partial charge < -0.3 is 15.0 Å². The van der Waals surface area contributed by atoms with E-state index in [-0.39, 0.29) is 35.4 Å². The van der Waals surface area contributed by atoms with Crippen molar-refractivity contribution in [1.29, 1.82) is 0 Å². The molecule has 1 atom stereocenters. The summed E-state index contributed by atoms with van der Waals surface area (Å²) in [6.45, 7) is 7.31. The van der Waals surface area contributed by atoms with E-state index in [0.29, 0.717) is 33.7 Å². The van der Waals surface area contributed by atoms with E-state index in [1.165, 1.54) is 17.0 Å². The van der Waals surface area contributed by atoms with E-state index in [0.717, 1.165) is 9.87 Å². The van der Waals surface area contributed by atoms with Crippen LogP contribution in [0.5, 0.6) is 11.5 Å². The second-order valence-electron chi connectivity index (χ2n) is 11.5. The van der Waals surface area contributed by atoms with E-state index in [1.807, 2.05) is 51.1 Å². The van der Waals surface area contributed by atoms with E-state index >= 15 is 0 Å². The third kappa shape index (κ3) is 9.28. The van der Waals surface area contributed by atoms with Crippen molar-refractivity contribution in [2.45, 2.75) is 51.6 Å². The number of halogens is 2. The zero-order valence-electron chi connectivity index (χ0n) is 26.8. The molecule has 2 amide bonds. The van der Waals surface area contributed by atoms with E-state index in [9.17, 15) is 18.0 Å². The van der Waals surface area contributed by atoms with Crippen LogP contribution in [0, 0.1) is 12.8 Å². The normalized spacial score (nSPS) is 12.0. The maximum absolute atomic E-state index is 14.4. The summed E-state index contributed by atoms with van der Waals surface area (Å²) in [5.74, 6) is 0.333. The summed E-state index contributed by atoms with van der Waals surface area (Å²) in [5, 5.41) is 3.56. The first kappa shape index (κ1) is 35.8. The van der Waals surface area contributed by atoms with Crippen LogP contribution in [0.4, 0.5) is 5.69 Å². The fraction of sp³-hybridized carbons (Fsp3) is 0.278. The number of carbonyl (C=O) groups is 2. The zero-order valence-corrected chi connectivity index (χ0v) is 29.1. The molecule has 4 aromatic carbocycles. The van der Waals surface area contributed by atoms with Crippen molar-refractivity contribution < 1.29 is 22.7 Å². The number of sulfonamides is 1. The van der Waals surface area contributed by atoms with Crippen LogP contribution in [0.2, 0.25) is 10.0 Å². The number of amides is 2. The third-order valence-corrected chi connectivity index (χ3v) is 9.95. The second-order valence-corrected chi connectivity index (χ2v) is 14.2. The molecule has 8 nitrogen and oxygen atoms in total. The highest BCUT2D eigenvalue weighted by molar-refractivity contribution is 7.92. The molecule has 4 rings (SSSR count). The summed E-state index contributed by atoms with van der Waals surface area (Å²) in [7, 11) is -4.24. The van der Waals surface area contributed by atoms with Crippen LogP contribution in [0.3, 0.4) is 0 Å². The first-order chi connectivity index (χ1) is 22.4. The summed E-state index contributed by atoms with van der Waals surface area (Å²) in [4.78, 5) is 29.2. The van der Waals surface area contributed by atoms with Gasteiger partial charge in [0.15, 0.2) is 0 Å². The van der Waals surface area contributed by atoms with Gasteiger partial charge in [-0.1, -0.05) is 85.9 Å². The number of aryl methyl sites for hydroxylation is 1. The Morgan fingerprint density at radius 3 is 2.00 bits per heavy atom. The molecule has 4 aromatic rings. The first-order valence-electron chi connectivity index (χ1n) is 15.3. The molecule has 0 aliphatic rings. The maximum atomic E-state index is 14.4. The topological polar surface area (TPSA) is 96.0 Å². The van der Waals surface area contributed by atoms with Gasteiger partial charge in [0, 0.05) is 28.7 Å². The lowest BCUT2D eigenvalue weighted by Crippen LogP contribution is -2.52. The lowest BCUT2D eigenvalue weighted by Gasteiger charge is -2.33. The molecule has 0 aliphatic heterocycles. The fourth-order valence-corrected chi connectivity index (χ4v) is 6.80. The average Bonchev–Trinajstić information content (AvgIpc) is 3.05. The summed E-state index contributed by atoms with van der Waals surface area (Å²) < 4.78 is 35.3. The van der Waals surface area contributed by atoms with Gasteiger partial charge >= 0.3 is 0 Å². The smallest absolute Gasteiger partial charge is 0.264 e. The number of benzene rings is 4. The van der Waals surface area contributed by atoms with Crippen molar-refractivity contribution in [2.24, 2.45) is 5.92 Å². The minimum atomic E-state index is -4.24. The fourth-order valence-electron chi connectivity index (χ4n) is 4.87. The number of carbonyl (C=O) groups excluding carboxylic acids is 2. The van der Waals surface area contributed by atoms with Crippen molar-refractivity contribution in [1.82, 2.24) is 10.2 Å². The minimum absolute atomic E-state index is 0.0166. The Morgan fingerprint density at radius 1 is 0.830 bits per heavy atom. The van der Waals surface area contributed by atoms with Crippen LogP contribution in [0.15, 0.2) is 102 Å². The molecule has 0 spiro atoms. The van der Waals surface area contributed by atoms with Crippen molar-refractivity contribution in [3.8, 4) is 11.5 Å². The molecule has 0 saturated carbocycles. The molecule has 0 unspecified atom stereocenters. The van der Waals surface area contributed by atoms with E-state index in [1.54, 1.807) is 61.5 Å². The highest BCUT2D eigenvalue weighted by atomic mass is 35.5. The second kappa shape index (κ2) is 16.2. The standard InChI is InChI=1S/C36H39Cl2N3O5S/c1-5-34(36(43)39-22-25(2)3)40(23-31-32(37)12-9-13-33(31)38)35(42)24-41(47(44,45)30-20-14-26(4)15-21-30)27-16-18-29(19-17-27)46-28-10-7-6-8-11-28/h6-21,25,34H,5,22-24H2,1-4H3,(H,39,43)/t34-/m1/s1. The predicted octanol–water partition coefficient (Wildman–Crippen LogP) is 7.87. The van der Waals surface area contributed by atoms with Crippen LogP contribution >= 0.6 is 23.2 Å². The number of nitrogens with one attached hydrogen (secondary N) is 1. The van der Waals surface area contributed by atoms with Gasteiger partial charge in [-0.3, -0.25) is 13.9 Å². The first-order valence-corrected chi connectivity index (χ1v) is 17.5. The Labute approximate surface area is 287 Å². The van der Waals surface area contributed by atoms with Crippen molar-refractivity contribution >= 4 is 50.7 Å². The Morgan fingerprint density at radius 2 is 1.43 bits per heavy atom. The largest absolute Gasteiger partial charge is 0.457 e. The average molecular weight is 697 g/mol. The van der Waals surface area contributed by atoms with Crippen molar-refractivity contribution in [3.63, 3.8) is 0 Å². The summed E-state index contributed by atoms with van der Waals surface area (Å²) >= 11 is 13.0. The molecular weight excluding hydrogens is 657 g/mol. The molecule has 11 heteroatoms. The number of nitrogens with zero attached hydrogens (tertiary/aromatic N) is 2. The summed E-state index contributed by atoms with van der Waals surface area (Å²) in [5.41, 5.74) is 1.58. The molecule has 0 aliphatic carbocycles. The van der Waals surface area contributed by atoms with E-state index in [2.05, 4.69) is 5.32 Å². The lowest BCUT2D eigenvalue weighted by molar-refractivity contribution is -0.140. The van der Waals surface area contributed by atoms with Gasteiger partial charge in [-0.2, -0.15) is 0 Å². The van der Waals surface area contributed by atoms with Gasteiger partial charge in [-0.15, -0.1) is 0 Å². The third-order valence-electron chi connectivity index (χ3n) is 7.45. The van der Waals surface area contributed by atoms with Crippen molar-refractivity contribution in [3.05, 3.63) is 118 Å². The predicted molar refractivity (Wildman–Crippen MR) is 188 cm³/mol. The Balaban J connectivity index is 1.75. The molecule has 248 valence electrons. The van der Waals surface area contributed by atoms with Crippen LogP contribution in [0.1, 0.15) is 38.3 Å². The molecule has 0 aromatic heterocycles. The number of hydrogen-bond acceptors (Lipinski definition) is 5. The maximum Gasteiger partial charge on any atom is 0.264 e. The van der Waals surface area contributed by atoms with Crippen LogP contribution < -0.4 is 14.4 Å². The molecule has 0 fully saturated rings. The molecule has 1 N–H and O–H groups in total. The Kier molecular flexibility index (Phi) is 12.3. The number of anilines is 1. The Hall–Kier alpha value is -4.05. The van der Waals surface area contributed by atoms with Crippen LogP contribution in [-0.4, -0.2) is 44.3 Å². The quantitative estimate of drug-likeness (QED) is 0.145. The minimum Gasteiger partial charge on any atom is -0.457 e. The summed E-state index contributed by atoms with van der Waals surface area (Å²) in [6.07, 6.45) is 0.272. The summed E-state index contributed by atoms with van der Waals surface area (Å²) in [6, 6.07) is 26.1. The molecule has 0 bridgehead atoms. The van der Waals surface area contributed by atoms with E-state index < -0.39 is 28.5 Å². The van der Waals surface area contributed by atoms with E-state index in [4.69, 9.17) is 27.9 Å². The van der Waals surface area contributed by atoms with Gasteiger partial charge in [-0.25, -0.2) is 8.42 Å². The highest BCUT2D eigenvalue weighted by Gasteiger charge is 2.34. The zero-order chi connectivity index (χ0) is 34.1. The molecule has 0 radical (unpaired) electrons. The molecule has 47 heavy (non-hydrogen) atoms. The van der Waals surface area contributed by atoms with Crippen LogP contribution in [0.25, 0.3) is 0 Å². The number of para-hydroxylation sites is 1. The van der Waals surface area contributed by atoms with Gasteiger partial charge in [-0.05, 0) is 79.9 Å². The molecule has 0 saturated heterocycles. The highest BCUT2D eigenvalue weighted by Crippen LogP contribution is 2.30.